The molecule has 2 fully saturated rings. The van der Waals surface area contributed by atoms with E-state index >= 15 is 0 Å². The lowest BCUT2D eigenvalue weighted by Gasteiger charge is -2.38. The first-order valence-corrected chi connectivity index (χ1v) is 11.1. The van der Waals surface area contributed by atoms with Gasteiger partial charge in [0.05, 0.1) is 17.8 Å². The smallest absolute Gasteiger partial charge is 0.411 e. The van der Waals surface area contributed by atoms with Crippen LogP contribution in [0.5, 0.6) is 0 Å². The van der Waals surface area contributed by atoms with Crippen molar-refractivity contribution in [2.45, 2.75) is 83.0 Å². The van der Waals surface area contributed by atoms with Crippen LogP contribution in [0, 0.1) is 0 Å². The van der Waals surface area contributed by atoms with E-state index in [1.54, 1.807) is 0 Å². The first-order chi connectivity index (χ1) is 14.7. The Morgan fingerprint density at radius 3 is 2.32 bits per heavy atom. The third kappa shape index (κ3) is 3.93. The molecular formula is C24H32N4O3. The van der Waals surface area contributed by atoms with Crippen LogP contribution in [0.15, 0.2) is 36.4 Å². The van der Waals surface area contributed by atoms with Gasteiger partial charge in [-0.3, -0.25) is 14.4 Å². The van der Waals surface area contributed by atoms with Gasteiger partial charge >= 0.3 is 6.09 Å². The molecule has 2 amide bonds. The zero-order valence-electron chi connectivity index (χ0n) is 18.7. The summed E-state index contributed by atoms with van der Waals surface area (Å²) in [4.78, 5) is 26.8. The average molecular weight is 425 g/mol. The highest BCUT2D eigenvalue weighted by molar-refractivity contribution is 5.91. The Bertz CT molecular complexity index is 958. The number of carbonyl (C=O) groups excluding carboxylic acids is 2. The molecule has 2 aromatic rings. The standard InChI is InChI=1S/C24H32N4O3/c1-15(2)19-14-20(22(25)29)28(26-19)18-12-10-17(11-13-18)27-21(16-8-6-5-7-9-16)24(3,4)31-23(27)30/h5-9,14-15,17-18,21H,10-13H2,1-4H3,(H2,25,29)/t17?,18?,21-/m0/s1. The van der Waals surface area contributed by atoms with E-state index in [0.717, 1.165) is 36.9 Å². The van der Waals surface area contributed by atoms with Crippen molar-refractivity contribution in [3.8, 4) is 0 Å². The molecule has 1 aromatic heterocycles. The van der Waals surface area contributed by atoms with Crippen molar-refractivity contribution >= 4 is 12.0 Å². The molecule has 31 heavy (non-hydrogen) atoms. The Labute approximate surface area is 183 Å². The van der Waals surface area contributed by atoms with E-state index < -0.39 is 11.5 Å². The van der Waals surface area contributed by atoms with Gasteiger partial charge in [0, 0.05) is 6.04 Å². The van der Waals surface area contributed by atoms with Crippen LogP contribution in [0.25, 0.3) is 0 Å². The van der Waals surface area contributed by atoms with E-state index in [4.69, 9.17) is 10.5 Å². The molecule has 0 spiro atoms. The first kappa shape index (κ1) is 21.4. The average Bonchev–Trinajstić information content (AvgIpc) is 3.27. The number of hydrogen-bond donors (Lipinski definition) is 1. The lowest BCUT2D eigenvalue weighted by molar-refractivity contribution is 0.0660. The number of ether oxygens (including phenoxy) is 1. The lowest BCUT2D eigenvalue weighted by atomic mass is 9.86. The predicted octanol–water partition coefficient (Wildman–Crippen LogP) is 4.56. The van der Waals surface area contributed by atoms with Gasteiger partial charge in [-0.25, -0.2) is 4.79 Å². The molecule has 1 aromatic carbocycles. The summed E-state index contributed by atoms with van der Waals surface area (Å²) in [7, 11) is 0. The van der Waals surface area contributed by atoms with Crippen LogP contribution in [0.1, 0.15) is 93.1 Å². The molecule has 2 N–H and O–H groups in total. The molecule has 7 nitrogen and oxygen atoms in total. The summed E-state index contributed by atoms with van der Waals surface area (Å²) in [6, 6.07) is 12.0. The molecule has 1 atom stereocenters. The summed E-state index contributed by atoms with van der Waals surface area (Å²) < 4.78 is 7.60. The maximum Gasteiger partial charge on any atom is 0.411 e. The molecule has 0 unspecified atom stereocenters. The molecule has 2 aliphatic rings. The van der Waals surface area contributed by atoms with Crippen LogP contribution in [0.2, 0.25) is 0 Å². The zero-order valence-corrected chi connectivity index (χ0v) is 18.7. The summed E-state index contributed by atoms with van der Waals surface area (Å²) >= 11 is 0. The largest absolute Gasteiger partial charge is 0.441 e. The number of carbonyl (C=O) groups is 2. The molecule has 0 bridgehead atoms. The predicted molar refractivity (Wildman–Crippen MR) is 118 cm³/mol. The molecule has 1 aliphatic carbocycles. The molecular weight excluding hydrogens is 392 g/mol. The number of amides is 2. The van der Waals surface area contributed by atoms with Crippen molar-refractivity contribution in [2.75, 3.05) is 0 Å². The molecule has 1 saturated heterocycles. The minimum atomic E-state index is -0.595. The van der Waals surface area contributed by atoms with Crippen molar-refractivity contribution < 1.29 is 14.3 Å². The number of nitrogens with two attached hydrogens (primary N) is 1. The van der Waals surface area contributed by atoms with Gasteiger partial charge in [0.15, 0.2) is 0 Å². The van der Waals surface area contributed by atoms with Crippen molar-refractivity contribution in [2.24, 2.45) is 5.73 Å². The van der Waals surface area contributed by atoms with Crippen molar-refractivity contribution in [3.63, 3.8) is 0 Å². The van der Waals surface area contributed by atoms with E-state index in [0.29, 0.717) is 5.69 Å². The molecule has 4 rings (SSSR count). The van der Waals surface area contributed by atoms with E-state index in [2.05, 4.69) is 31.1 Å². The SMILES string of the molecule is CC(C)c1cc(C(N)=O)n(C2CCC(N3C(=O)OC(C)(C)[C@@H]3c3ccccc3)CC2)n1. The van der Waals surface area contributed by atoms with Gasteiger partial charge in [-0.1, -0.05) is 44.2 Å². The Morgan fingerprint density at radius 1 is 1.13 bits per heavy atom. The number of aromatic nitrogens is 2. The number of primary amides is 1. The summed E-state index contributed by atoms with van der Waals surface area (Å²) in [5.41, 5.74) is 7.46. The number of hydrogen-bond acceptors (Lipinski definition) is 4. The Balaban J connectivity index is 1.55. The van der Waals surface area contributed by atoms with Crippen LogP contribution in [-0.2, 0) is 4.74 Å². The Hall–Kier alpha value is -2.83. The molecule has 166 valence electrons. The van der Waals surface area contributed by atoms with Crippen LogP contribution in [-0.4, -0.2) is 38.3 Å². The van der Waals surface area contributed by atoms with E-state index in [1.807, 2.05) is 47.7 Å². The highest BCUT2D eigenvalue weighted by atomic mass is 16.6. The molecule has 1 aliphatic heterocycles. The van der Waals surface area contributed by atoms with E-state index in [-0.39, 0.29) is 30.1 Å². The van der Waals surface area contributed by atoms with Gasteiger partial charge in [-0.2, -0.15) is 5.10 Å². The number of cyclic esters (lactones) is 1. The minimum absolute atomic E-state index is 0.0906. The van der Waals surface area contributed by atoms with Gasteiger partial charge in [-0.15, -0.1) is 0 Å². The van der Waals surface area contributed by atoms with E-state index in [9.17, 15) is 9.59 Å². The zero-order chi connectivity index (χ0) is 22.3. The van der Waals surface area contributed by atoms with Crippen LogP contribution >= 0.6 is 0 Å². The first-order valence-electron chi connectivity index (χ1n) is 11.1. The van der Waals surface area contributed by atoms with Gasteiger partial charge in [-0.05, 0) is 57.1 Å². The highest BCUT2D eigenvalue weighted by Gasteiger charge is 2.51. The number of benzene rings is 1. The molecule has 7 heteroatoms. The summed E-state index contributed by atoms with van der Waals surface area (Å²) in [6.45, 7) is 8.06. The van der Waals surface area contributed by atoms with Gasteiger partial charge < -0.3 is 10.5 Å². The van der Waals surface area contributed by atoms with Gasteiger partial charge in [0.2, 0.25) is 0 Å². The van der Waals surface area contributed by atoms with Crippen LogP contribution < -0.4 is 5.73 Å². The second-order valence-corrected chi connectivity index (χ2v) is 9.57. The van der Waals surface area contributed by atoms with E-state index in [1.165, 1.54) is 0 Å². The maximum absolute atomic E-state index is 12.9. The summed E-state index contributed by atoms with van der Waals surface area (Å²) in [5.74, 6) is -0.223. The van der Waals surface area contributed by atoms with Gasteiger partial charge in [0.1, 0.15) is 11.3 Å². The minimum Gasteiger partial charge on any atom is -0.441 e. The maximum atomic E-state index is 12.9. The molecule has 0 radical (unpaired) electrons. The monoisotopic (exact) mass is 424 g/mol. The van der Waals surface area contributed by atoms with Crippen molar-refractivity contribution in [1.29, 1.82) is 0 Å². The van der Waals surface area contributed by atoms with Crippen LogP contribution in [0.4, 0.5) is 4.79 Å². The summed E-state index contributed by atoms with van der Waals surface area (Å²) in [6.07, 6.45) is 3.06. The van der Waals surface area contributed by atoms with Crippen molar-refractivity contribution in [1.82, 2.24) is 14.7 Å². The third-order valence-electron chi connectivity index (χ3n) is 6.62. The second kappa shape index (κ2) is 8.02. The fourth-order valence-electron chi connectivity index (χ4n) is 5.07. The third-order valence-corrected chi connectivity index (χ3v) is 6.62. The lowest BCUT2D eigenvalue weighted by Crippen LogP contribution is -2.43. The molecule has 2 heterocycles. The quantitative estimate of drug-likeness (QED) is 0.762. The Morgan fingerprint density at radius 2 is 1.74 bits per heavy atom. The summed E-state index contributed by atoms with van der Waals surface area (Å²) in [5, 5.41) is 4.69. The second-order valence-electron chi connectivity index (χ2n) is 9.57. The normalized spacial score (nSPS) is 25.6. The highest BCUT2D eigenvalue weighted by Crippen LogP contribution is 2.45. The number of rotatable bonds is 5. The number of nitrogens with zero attached hydrogens (tertiary/aromatic N) is 3. The topological polar surface area (TPSA) is 90.5 Å². The van der Waals surface area contributed by atoms with Gasteiger partial charge in [0.25, 0.3) is 5.91 Å². The Kier molecular flexibility index (Phi) is 5.54. The fraction of sp³-hybridized carbons (Fsp3) is 0.542. The molecule has 1 saturated carbocycles. The fourth-order valence-corrected chi connectivity index (χ4v) is 5.07. The van der Waals surface area contributed by atoms with Crippen LogP contribution in [0.3, 0.4) is 0 Å². The van der Waals surface area contributed by atoms with Crippen molar-refractivity contribution in [3.05, 3.63) is 53.3 Å².